The van der Waals surface area contributed by atoms with Crippen LogP contribution in [0, 0.1) is 0 Å². The Morgan fingerprint density at radius 3 is 3.07 bits per heavy atom. The Labute approximate surface area is 88.8 Å². The number of hydrogen-bond acceptors (Lipinski definition) is 3. The zero-order valence-electron chi connectivity index (χ0n) is 8.86. The van der Waals surface area contributed by atoms with Crippen LogP contribution in [0.15, 0.2) is 0 Å². The zero-order valence-corrected chi connectivity index (χ0v) is 8.86. The summed E-state index contributed by atoms with van der Waals surface area (Å²) in [5.41, 5.74) is 0. The molecule has 2 rings (SSSR count). The lowest BCUT2D eigenvalue weighted by atomic mass is 10.1. The average Bonchev–Trinajstić information content (AvgIpc) is 2.74. The minimum Gasteiger partial charge on any atom is -0.368 e. The maximum absolute atomic E-state index is 12.0. The van der Waals surface area contributed by atoms with E-state index in [0.717, 1.165) is 12.8 Å². The van der Waals surface area contributed by atoms with Crippen LogP contribution in [0.5, 0.6) is 0 Å². The molecule has 5 heteroatoms. The Hall–Kier alpha value is -1.10. The highest BCUT2D eigenvalue weighted by Gasteiger charge is 2.35. The topological polar surface area (TPSA) is 58.6 Å². The van der Waals surface area contributed by atoms with Crippen LogP contribution >= 0.6 is 0 Å². The predicted octanol–water partition coefficient (Wildman–Crippen LogP) is -0.488. The highest BCUT2D eigenvalue weighted by molar-refractivity contribution is 5.90. The van der Waals surface area contributed by atoms with Gasteiger partial charge in [0.25, 0.3) is 5.91 Å². The summed E-state index contributed by atoms with van der Waals surface area (Å²) in [6, 6.07) is -0.365. The van der Waals surface area contributed by atoms with Crippen molar-refractivity contribution in [3.8, 4) is 0 Å². The lowest BCUT2D eigenvalue weighted by Gasteiger charge is -2.34. The molecule has 0 spiro atoms. The van der Waals surface area contributed by atoms with Gasteiger partial charge < -0.3 is 15.0 Å². The molecule has 0 aliphatic carbocycles. The molecule has 84 valence electrons. The fourth-order valence-electron chi connectivity index (χ4n) is 2.04. The molecule has 0 aromatic carbocycles. The fraction of sp³-hybridized carbons (Fsp3) is 0.800. The number of rotatable bonds is 1. The predicted molar refractivity (Wildman–Crippen MR) is 53.2 cm³/mol. The molecule has 0 aromatic rings. The van der Waals surface area contributed by atoms with Gasteiger partial charge in [-0.15, -0.1) is 0 Å². The van der Waals surface area contributed by atoms with Crippen LogP contribution in [-0.4, -0.2) is 48.6 Å². The minimum absolute atomic E-state index is 0.0325. The van der Waals surface area contributed by atoms with Crippen LogP contribution in [0.3, 0.4) is 0 Å². The number of carbonyl (C=O) groups excluding carboxylic acids is 2. The first kappa shape index (κ1) is 10.4. The quantitative estimate of drug-likeness (QED) is 0.638. The third-order valence-electron chi connectivity index (χ3n) is 2.99. The van der Waals surface area contributed by atoms with E-state index < -0.39 is 0 Å². The fourth-order valence-corrected chi connectivity index (χ4v) is 2.04. The van der Waals surface area contributed by atoms with E-state index >= 15 is 0 Å². The molecule has 0 bridgehead atoms. The highest BCUT2D eigenvalue weighted by Crippen LogP contribution is 2.17. The third kappa shape index (κ3) is 1.97. The summed E-state index contributed by atoms with van der Waals surface area (Å²) >= 11 is 0. The van der Waals surface area contributed by atoms with Gasteiger partial charge in [-0.3, -0.25) is 9.59 Å². The summed E-state index contributed by atoms with van der Waals surface area (Å²) in [6.07, 6.45) is 1.40. The van der Waals surface area contributed by atoms with Gasteiger partial charge in [0.15, 0.2) is 0 Å². The standard InChI is InChI=1S/C10H16N2O3/c1-7-9(13)11-4-5-12(7)10(14)8-3-2-6-15-8/h7-8H,2-6H2,1H3,(H,11,13)/t7?,8-/m0/s1. The van der Waals surface area contributed by atoms with E-state index in [2.05, 4.69) is 5.32 Å². The van der Waals surface area contributed by atoms with Gasteiger partial charge >= 0.3 is 0 Å². The van der Waals surface area contributed by atoms with Gasteiger partial charge in [-0.25, -0.2) is 0 Å². The molecule has 2 aliphatic heterocycles. The Morgan fingerprint density at radius 1 is 1.60 bits per heavy atom. The molecule has 0 aromatic heterocycles. The first-order valence-corrected chi connectivity index (χ1v) is 5.40. The molecule has 2 saturated heterocycles. The maximum atomic E-state index is 12.0. The summed E-state index contributed by atoms with van der Waals surface area (Å²) < 4.78 is 5.33. The van der Waals surface area contributed by atoms with Gasteiger partial charge in [0.1, 0.15) is 12.1 Å². The normalized spacial score (nSPS) is 31.5. The van der Waals surface area contributed by atoms with Gasteiger partial charge in [0.2, 0.25) is 5.91 Å². The lowest BCUT2D eigenvalue weighted by Crippen LogP contribution is -2.57. The van der Waals surface area contributed by atoms with Crippen molar-refractivity contribution < 1.29 is 14.3 Å². The van der Waals surface area contributed by atoms with Crippen LogP contribution in [0.2, 0.25) is 0 Å². The largest absolute Gasteiger partial charge is 0.368 e. The number of hydrogen-bond donors (Lipinski definition) is 1. The summed E-state index contributed by atoms with van der Waals surface area (Å²) in [6.45, 7) is 3.54. The molecule has 0 saturated carbocycles. The van der Waals surface area contributed by atoms with Crippen LogP contribution < -0.4 is 5.32 Å². The van der Waals surface area contributed by atoms with Crippen molar-refractivity contribution in [2.24, 2.45) is 0 Å². The van der Waals surface area contributed by atoms with Crippen LogP contribution in [0.25, 0.3) is 0 Å². The van der Waals surface area contributed by atoms with E-state index in [1.807, 2.05) is 0 Å². The molecular formula is C10H16N2O3. The van der Waals surface area contributed by atoms with E-state index in [4.69, 9.17) is 4.74 Å². The molecule has 1 unspecified atom stereocenters. The second-order valence-corrected chi connectivity index (χ2v) is 4.00. The van der Waals surface area contributed by atoms with Crippen molar-refractivity contribution in [1.29, 1.82) is 0 Å². The molecule has 0 radical (unpaired) electrons. The number of ether oxygens (including phenoxy) is 1. The van der Waals surface area contributed by atoms with E-state index in [-0.39, 0.29) is 24.0 Å². The first-order valence-electron chi connectivity index (χ1n) is 5.40. The van der Waals surface area contributed by atoms with E-state index in [9.17, 15) is 9.59 Å². The SMILES string of the molecule is CC1C(=O)NCCN1C(=O)[C@@H]1CCCO1. The minimum atomic E-state index is -0.365. The molecule has 2 fully saturated rings. The number of carbonyl (C=O) groups is 2. The van der Waals surface area contributed by atoms with Crippen LogP contribution in [0.1, 0.15) is 19.8 Å². The number of amides is 2. The summed E-state index contributed by atoms with van der Waals surface area (Å²) in [7, 11) is 0. The van der Waals surface area contributed by atoms with Gasteiger partial charge in [0.05, 0.1) is 0 Å². The molecule has 2 heterocycles. The Bertz CT molecular complexity index is 274. The van der Waals surface area contributed by atoms with Gasteiger partial charge in [-0.1, -0.05) is 0 Å². The van der Waals surface area contributed by atoms with E-state index in [1.165, 1.54) is 0 Å². The number of nitrogens with zero attached hydrogens (tertiary/aromatic N) is 1. The first-order chi connectivity index (χ1) is 7.20. The zero-order chi connectivity index (χ0) is 10.8. The maximum Gasteiger partial charge on any atom is 0.252 e. The van der Waals surface area contributed by atoms with Gasteiger partial charge in [-0.2, -0.15) is 0 Å². The second kappa shape index (κ2) is 4.18. The second-order valence-electron chi connectivity index (χ2n) is 4.00. The van der Waals surface area contributed by atoms with Crippen molar-refractivity contribution in [1.82, 2.24) is 10.2 Å². The smallest absolute Gasteiger partial charge is 0.252 e. The summed E-state index contributed by atoms with van der Waals surface area (Å²) in [5, 5.41) is 2.73. The van der Waals surface area contributed by atoms with Crippen LogP contribution in [0.4, 0.5) is 0 Å². The lowest BCUT2D eigenvalue weighted by molar-refractivity contribution is -0.149. The van der Waals surface area contributed by atoms with Crippen molar-refractivity contribution in [3.63, 3.8) is 0 Å². The monoisotopic (exact) mass is 212 g/mol. The average molecular weight is 212 g/mol. The molecule has 2 atom stereocenters. The van der Waals surface area contributed by atoms with E-state index in [1.54, 1.807) is 11.8 Å². The van der Waals surface area contributed by atoms with E-state index in [0.29, 0.717) is 19.7 Å². The molecule has 2 aliphatic rings. The highest BCUT2D eigenvalue weighted by atomic mass is 16.5. The van der Waals surface area contributed by atoms with Gasteiger partial charge in [-0.05, 0) is 19.8 Å². The molecule has 5 nitrogen and oxygen atoms in total. The Kier molecular flexibility index (Phi) is 2.90. The number of piperazine rings is 1. The summed E-state index contributed by atoms with van der Waals surface area (Å²) in [4.78, 5) is 25.0. The van der Waals surface area contributed by atoms with Crippen molar-refractivity contribution in [2.45, 2.75) is 31.9 Å². The number of nitrogens with one attached hydrogen (secondary N) is 1. The van der Waals surface area contributed by atoms with Crippen molar-refractivity contribution in [2.75, 3.05) is 19.7 Å². The van der Waals surface area contributed by atoms with Gasteiger partial charge in [0, 0.05) is 19.7 Å². The Morgan fingerprint density at radius 2 is 2.40 bits per heavy atom. The third-order valence-corrected chi connectivity index (χ3v) is 2.99. The van der Waals surface area contributed by atoms with Crippen molar-refractivity contribution in [3.05, 3.63) is 0 Å². The molecular weight excluding hydrogens is 196 g/mol. The molecule has 2 amide bonds. The molecule has 1 N–H and O–H groups in total. The Balaban J connectivity index is 2.01. The summed E-state index contributed by atoms with van der Waals surface area (Å²) in [5.74, 6) is -0.109. The van der Waals surface area contributed by atoms with Crippen LogP contribution in [-0.2, 0) is 14.3 Å². The van der Waals surface area contributed by atoms with Crippen molar-refractivity contribution >= 4 is 11.8 Å². The molecule has 15 heavy (non-hydrogen) atoms.